The molecule has 0 unspecified atom stereocenters. The number of hydrogen-bond donors (Lipinski definition) is 5. The lowest BCUT2D eigenvalue weighted by molar-refractivity contribution is -0.115. The van der Waals surface area contributed by atoms with Crippen molar-refractivity contribution in [2.45, 2.75) is 59.5 Å². The molecule has 0 spiro atoms. The first-order chi connectivity index (χ1) is 39.3. The van der Waals surface area contributed by atoms with Crippen LogP contribution >= 0.6 is 23.2 Å². The molecule has 8 aromatic rings. The van der Waals surface area contributed by atoms with Gasteiger partial charge in [-0.1, -0.05) is 30.6 Å². The number of hydrogen-bond acceptors (Lipinski definition) is 18. The quantitative estimate of drug-likeness (QED) is 0.0633. The molecule has 2 fully saturated rings. The van der Waals surface area contributed by atoms with E-state index in [1.165, 1.54) is 24.5 Å². The summed E-state index contributed by atoms with van der Waals surface area (Å²) in [5, 5.41) is 17.7. The van der Waals surface area contributed by atoms with Crippen molar-refractivity contribution in [2.75, 3.05) is 63.8 Å². The molecule has 0 atom stereocenters. The van der Waals surface area contributed by atoms with Crippen LogP contribution in [-0.4, -0.2) is 132 Å². The normalized spacial score (nSPS) is 13.5. The van der Waals surface area contributed by atoms with Crippen molar-refractivity contribution in [1.82, 2.24) is 50.3 Å². The second-order valence-electron chi connectivity index (χ2n) is 20.0. The van der Waals surface area contributed by atoms with Crippen molar-refractivity contribution in [3.05, 3.63) is 154 Å². The van der Waals surface area contributed by atoms with Gasteiger partial charge in [0.05, 0.1) is 21.2 Å². The number of carbonyl (C=O) groups excluding carboxylic acids is 4. The molecular formula is C60H64Cl2N12O9. The number of nitrogens with zero attached hydrogens (tertiary/aromatic N) is 8. The summed E-state index contributed by atoms with van der Waals surface area (Å²) in [6.07, 6.45) is 16.4. The fourth-order valence-electron chi connectivity index (χ4n) is 8.30. The number of fused-ring (bicyclic) bond motifs is 2. The zero-order valence-corrected chi connectivity index (χ0v) is 46.7. The Balaban J connectivity index is 0.000000196. The predicted molar refractivity (Wildman–Crippen MR) is 320 cm³/mol. The number of amides is 2. The summed E-state index contributed by atoms with van der Waals surface area (Å²) in [7, 11) is 0. The number of nitrogens with two attached hydrogens (primary N) is 2. The highest BCUT2D eigenvalue weighted by Crippen LogP contribution is 2.34. The highest BCUT2D eigenvalue weighted by Gasteiger charge is 2.24. The first-order valence-corrected chi connectivity index (χ1v) is 27.0. The van der Waals surface area contributed by atoms with Gasteiger partial charge in [0.25, 0.3) is 5.91 Å². The van der Waals surface area contributed by atoms with Crippen molar-refractivity contribution in [3.63, 3.8) is 0 Å². The number of nitrogen functional groups attached to an aromatic ring is 2. The summed E-state index contributed by atoms with van der Waals surface area (Å²) in [6.45, 7) is 11.7. The van der Waals surface area contributed by atoms with E-state index in [4.69, 9.17) is 53.3 Å². The van der Waals surface area contributed by atoms with Crippen molar-refractivity contribution in [1.29, 1.82) is 0 Å². The number of piperazine rings is 2. The number of allylic oxidation sites excluding steroid dienone is 2. The molecule has 6 aromatic heterocycles. The van der Waals surface area contributed by atoms with Gasteiger partial charge in [-0.2, -0.15) is 0 Å². The average molecular weight is 1170 g/mol. The minimum Gasteiger partial charge on any atom is -0.478 e. The van der Waals surface area contributed by atoms with Crippen LogP contribution in [-0.2, 0) is 27.2 Å². The number of pyridine rings is 2. The van der Waals surface area contributed by atoms with E-state index in [1.54, 1.807) is 89.2 Å². The molecule has 83 heavy (non-hydrogen) atoms. The Labute approximate surface area is 489 Å². The zero-order chi connectivity index (χ0) is 58.3. The fraction of sp³-hybridized carbons (Fsp3) is 0.283. The van der Waals surface area contributed by atoms with Gasteiger partial charge >= 0.3 is 12.1 Å². The Kier molecular flexibility index (Phi) is 21.3. The van der Waals surface area contributed by atoms with Crippen LogP contribution in [0.5, 0.6) is 0 Å². The second-order valence-corrected chi connectivity index (χ2v) is 20.8. The zero-order valence-electron chi connectivity index (χ0n) is 45.2. The van der Waals surface area contributed by atoms with Crippen molar-refractivity contribution in [2.24, 2.45) is 0 Å². The lowest BCUT2D eigenvalue weighted by atomic mass is 10.1. The maximum Gasteiger partial charge on any atom is 0.410 e. The number of nitrogens with one attached hydrogen (secondary N) is 2. The summed E-state index contributed by atoms with van der Waals surface area (Å²) in [6, 6.07) is 17.7. The lowest BCUT2D eigenvalue weighted by Crippen LogP contribution is -2.48. The SMILES string of the molecule is C.CC(C)(C)OC(=O)N1CCNCC1.Nc1ccc(/C=C/C(=O)CCc2cc3cc(-c4ncc(C(=O)N5CCNCC5)cn4)cc(Cl)c3o2)cn1.Nc1ccc(/C=C/C(=O)CCc2cc3cc(-c4ncc(C(=O)O)cn4)cc(Cl)c3o2)cn1. The van der Waals surface area contributed by atoms with Gasteiger partial charge in [-0.3, -0.25) is 14.4 Å². The monoisotopic (exact) mass is 1170 g/mol. The largest absolute Gasteiger partial charge is 0.478 e. The Morgan fingerprint density at radius 3 is 1.43 bits per heavy atom. The third-order valence-corrected chi connectivity index (χ3v) is 13.1. The highest BCUT2D eigenvalue weighted by atomic mass is 35.5. The van der Waals surface area contributed by atoms with Gasteiger partial charge < -0.3 is 50.6 Å². The number of aromatic nitrogens is 6. The third-order valence-electron chi connectivity index (χ3n) is 12.5. The molecule has 2 aromatic carbocycles. The van der Waals surface area contributed by atoms with E-state index in [0.717, 1.165) is 61.2 Å². The van der Waals surface area contributed by atoms with Crippen LogP contribution in [0, 0.1) is 0 Å². The first kappa shape index (κ1) is 61.7. The first-order valence-electron chi connectivity index (χ1n) is 26.2. The Morgan fingerprint density at radius 2 is 1.04 bits per heavy atom. The number of ether oxygens (including phenoxy) is 1. The maximum atomic E-state index is 12.7. The van der Waals surface area contributed by atoms with Crippen LogP contribution < -0.4 is 22.1 Å². The van der Waals surface area contributed by atoms with Gasteiger partial charge in [0.1, 0.15) is 28.8 Å². The number of anilines is 2. The summed E-state index contributed by atoms with van der Waals surface area (Å²) >= 11 is 12.9. The van der Waals surface area contributed by atoms with E-state index in [9.17, 15) is 24.0 Å². The molecular weight excluding hydrogens is 1100 g/mol. The standard InChI is InChI=1S/C27H25ClN6O3.C23H17ClN4O4.C9H18N2O2.CH4/c28-23-13-19(26-32-15-20(16-33-26)27(36)34-9-7-30-8-10-34)11-18-12-22(37-25(18)23)5-4-21(35)3-1-17-2-6-24(29)31-14-17;24-19-9-15(22-27-11-16(12-28-22)23(30)31)7-14-8-18(32-21(14)19)5-4-17(29)3-1-13-2-6-20(25)26-10-13;1-9(2,3)13-8(12)11-6-4-10-5-7-11;/h1-3,6,11-16,30H,4-5,7-10H2,(H2,29,31);1-3,6-12H,4-5H2,(H2,25,26)(H,30,31);10H,4-7H2,1-3H3;1H4/b2*3-1+;;. The van der Waals surface area contributed by atoms with Crippen LogP contribution in [0.3, 0.4) is 0 Å². The minimum absolute atomic E-state index is 0. The number of ketones is 2. The van der Waals surface area contributed by atoms with Crippen LogP contribution in [0.1, 0.15) is 84.4 Å². The number of furan rings is 2. The number of rotatable bonds is 14. The Morgan fingerprint density at radius 1 is 0.614 bits per heavy atom. The molecule has 0 radical (unpaired) electrons. The summed E-state index contributed by atoms with van der Waals surface area (Å²) in [5.74, 6) is 1.67. The van der Waals surface area contributed by atoms with Crippen LogP contribution in [0.2, 0.25) is 10.0 Å². The molecule has 8 heterocycles. The average Bonchev–Trinajstić information content (AvgIpc) is 4.17. The van der Waals surface area contributed by atoms with Gasteiger partial charge in [0, 0.05) is 137 Å². The topological polar surface area (TPSA) is 301 Å². The van der Waals surface area contributed by atoms with E-state index < -0.39 is 5.97 Å². The molecule has 2 aliphatic rings. The number of benzene rings is 2. The summed E-state index contributed by atoms with van der Waals surface area (Å²) in [5.41, 5.74) is 15.2. The molecule has 2 amide bonds. The van der Waals surface area contributed by atoms with E-state index >= 15 is 0 Å². The van der Waals surface area contributed by atoms with E-state index in [0.29, 0.717) is 98.6 Å². The van der Waals surface area contributed by atoms with Gasteiger partial charge in [-0.25, -0.2) is 39.5 Å². The lowest BCUT2D eigenvalue weighted by Gasteiger charge is -2.30. The van der Waals surface area contributed by atoms with E-state index in [1.807, 2.05) is 39.0 Å². The number of carboxylic acids is 1. The van der Waals surface area contributed by atoms with E-state index in [-0.39, 0.29) is 55.0 Å². The number of aryl methyl sites for hydroxylation is 2. The van der Waals surface area contributed by atoms with Crippen LogP contribution in [0.15, 0.2) is 119 Å². The number of carbonyl (C=O) groups is 5. The van der Waals surface area contributed by atoms with Crippen molar-refractivity contribution < 1.29 is 42.7 Å². The molecule has 0 saturated carbocycles. The Bertz CT molecular complexity index is 3610. The number of halogens is 2. The number of carboxylic acid groups (broad SMARTS) is 1. The second kappa shape index (κ2) is 28.7. The van der Waals surface area contributed by atoms with Gasteiger partial charge in [0.2, 0.25) is 0 Å². The van der Waals surface area contributed by atoms with Gasteiger partial charge in [0.15, 0.2) is 34.4 Å². The van der Waals surface area contributed by atoms with Crippen LogP contribution in [0.25, 0.3) is 56.9 Å². The Hall–Kier alpha value is -8.89. The summed E-state index contributed by atoms with van der Waals surface area (Å²) in [4.78, 5) is 88.1. The molecule has 21 nitrogen and oxygen atoms in total. The van der Waals surface area contributed by atoms with Gasteiger partial charge in [-0.05, 0) is 117 Å². The predicted octanol–water partition coefficient (Wildman–Crippen LogP) is 9.68. The van der Waals surface area contributed by atoms with Crippen LogP contribution in [0.4, 0.5) is 16.4 Å². The molecule has 2 saturated heterocycles. The molecule has 10 rings (SSSR count). The fourth-order valence-corrected chi connectivity index (χ4v) is 8.83. The van der Waals surface area contributed by atoms with Gasteiger partial charge in [-0.15, -0.1) is 0 Å². The van der Waals surface area contributed by atoms with Crippen molar-refractivity contribution in [3.8, 4) is 22.8 Å². The molecule has 0 bridgehead atoms. The molecule has 0 aliphatic carbocycles. The smallest absolute Gasteiger partial charge is 0.410 e. The minimum atomic E-state index is -1.10. The third kappa shape index (κ3) is 17.8. The molecule has 23 heteroatoms. The molecule has 2 aliphatic heterocycles. The van der Waals surface area contributed by atoms with Crippen molar-refractivity contribution >= 4 is 98.5 Å². The summed E-state index contributed by atoms with van der Waals surface area (Å²) < 4.78 is 17.0. The molecule has 7 N–H and O–H groups in total. The number of aromatic carboxylic acids is 1. The van der Waals surface area contributed by atoms with E-state index in [2.05, 4.69) is 40.5 Å². The molecule has 432 valence electrons. The highest BCUT2D eigenvalue weighted by molar-refractivity contribution is 6.35. The maximum absolute atomic E-state index is 12.7.